The maximum Gasteiger partial charge on any atom is 0.345 e. The summed E-state index contributed by atoms with van der Waals surface area (Å²) in [5, 5.41) is 2.84. The number of ether oxygens (including phenoxy) is 1. The van der Waals surface area contributed by atoms with Crippen LogP contribution >= 0.6 is 0 Å². The molecule has 1 N–H and O–H groups in total. The van der Waals surface area contributed by atoms with E-state index in [0.29, 0.717) is 11.3 Å². The third kappa shape index (κ3) is 4.07. The fraction of sp³-hybridized carbons (Fsp3) is 0.200. The molecule has 0 fully saturated rings. The zero-order chi connectivity index (χ0) is 20.3. The summed E-state index contributed by atoms with van der Waals surface area (Å²) in [5.74, 6) is 0.0614. The maximum atomic E-state index is 12.8. The van der Waals surface area contributed by atoms with Crippen molar-refractivity contribution in [3.8, 4) is 5.75 Å². The fourth-order valence-electron chi connectivity index (χ4n) is 2.78. The first kappa shape index (κ1) is 19.6. The Morgan fingerprint density at radius 1 is 1.14 bits per heavy atom. The molecule has 2 aromatic rings. The molecule has 3 rings (SSSR count). The van der Waals surface area contributed by atoms with E-state index < -0.39 is 16.1 Å². The number of carbonyl (C=O) groups excluding carboxylic acids is 1. The molecule has 7 nitrogen and oxygen atoms in total. The van der Waals surface area contributed by atoms with Crippen molar-refractivity contribution in [3.63, 3.8) is 0 Å². The quantitative estimate of drug-likeness (QED) is 0.836. The van der Waals surface area contributed by atoms with Crippen LogP contribution in [0.1, 0.15) is 24.1 Å². The third-order valence-electron chi connectivity index (χ3n) is 4.42. The molecule has 0 saturated carbocycles. The summed E-state index contributed by atoms with van der Waals surface area (Å²) in [6.07, 6.45) is 1.46. The Kier molecular flexibility index (Phi) is 5.51. The summed E-state index contributed by atoms with van der Waals surface area (Å²) < 4.78 is 34.8. The second-order valence-corrected chi connectivity index (χ2v) is 7.92. The number of nitrogens with zero attached hydrogens (tertiary/aromatic N) is 2. The van der Waals surface area contributed by atoms with Crippen LogP contribution in [0.3, 0.4) is 0 Å². The molecule has 0 aliphatic carbocycles. The topological polar surface area (TPSA) is 88.1 Å². The van der Waals surface area contributed by atoms with Crippen molar-refractivity contribution < 1.29 is 17.9 Å². The molecular weight excluding hydrogens is 378 g/mol. The highest BCUT2D eigenvalue weighted by Crippen LogP contribution is 2.22. The summed E-state index contributed by atoms with van der Waals surface area (Å²) in [4.78, 5) is 12.8. The van der Waals surface area contributed by atoms with Crippen LogP contribution in [0.4, 0.5) is 0 Å². The summed E-state index contributed by atoms with van der Waals surface area (Å²) >= 11 is 0. The van der Waals surface area contributed by atoms with Crippen molar-refractivity contribution in [2.75, 3.05) is 14.2 Å². The van der Waals surface area contributed by atoms with Gasteiger partial charge >= 0.3 is 10.2 Å². The van der Waals surface area contributed by atoms with Crippen LogP contribution < -0.4 is 10.1 Å². The molecule has 0 bridgehead atoms. The average molecular weight is 399 g/mol. The number of benzene rings is 2. The van der Waals surface area contributed by atoms with E-state index in [1.807, 2.05) is 37.3 Å². The summed E-state index contributed by atoms with van der Waals surface area (Å²) in [6, 6.07) is 16.0. The van der Waals surface area contributed by atoms with Gasteiger partial charge in [0.25, 0.3) is 5.91 Å². The predicted molar refractivity (Wildman–Crippen MR) is 107 cm³/mol. The highest BCUT2D eigenvalue weighted by molar-refractivity contribution is 7.88. The zero-order valence-corrected chi connectivity index (χ0v) is 16.6. The minimum absolute atomic E-state index is 0.00407. The summed E-state index contributed by atoms with van der Waals surface area (Å²) in [5.41, 5.74) is 1.63. The first-order chi connectivity index (χ1) is 13.3. The maximum absolute atomic E-state index is 12.8. The van der Waals surface area contributed by atoms with Gasteiger partial charge in [0, 0.05) is 12.6 Å². The molecule has 0 aromatic heterocycles. The van der Waals surface area contributed by atoms with Crippen molar-refractivity contribution in [1.82, 2.24) is 9.62 Å². The molecule has 1 aliphatic heterocycles. The van der Waals surface area contributed by atoms with Gasteiger partial charge in [-0.2, -0.15) is 8.42 Å². The first-order valence-electron chi connectivity index (χ1n) is 8.62. The van der Waals surface area contributed by atoms with E-state index in [2.05, 4.69) is 9.71 Å². The number of hydrogen-bond donors (Lipinski definition) is 1. The standard InChI is InChI=1S/C20H21N3O4S/c1-14(15-8-5-4-6-9-15)21-20(24)19-13-18(22-28(25,26)23(19)2)16-10-7-11-17(12-16)27-3/h4-14H,1-3H3,(H,21,24). The molecule has 0 spiro atoms. The van der Waals surface area contributed by atoms with Gasteiger partial charge in [0.05, 0.1) is 18.9 Å². The van der Waals surface area contributed by atoms with Gasteiger partial charge < -0.3 is 10.1 Å². The van der Waals surface area contributed by atoms with Gasteiger partial charge in [-0.3, -0.25) is 4.79 Å². The van der Waals surface area contributed by atoms with Gasteiger partial charge in [-0.25, -0.2) is 4.31 Å². The van der Waals surface area contributed by atoms with Crippen LogP contribution in [0.2, 0.25) is 0 Å². The normalized spacial score (nSPS) is 16.6. The molecule has 8 heteroatoms. The molecule has 0 saturated heterocycles. The Balaban J connectivity index is 1.93. The zero-order valence-electron chi connectivity index (χ0n) is 15.8. The van der Waals surface area contributed by atoms with Crippen molar-refractivity contribution >= 4 is 21.8 Å². The van der Waals surface area contributed by atoms with E-state index in [9.17, 15) is 13.2 Å². The second-order valence-electron chi connectivity index (χ2n) is 6.29. The Morgan fingerprint density at radius 3 is 2.54 bits per heavy atom. The van der Waals surface area contributed by atoms with E-state index in [-0.39, 0.29) is 17.5 Å². The number of rotatable bonds is 5. The number of carbonyl (C=O) groups is 1. The van der Waals surface area contributed by atoms with E-state index in [1.54, 1.807) is 24.3 Å². The molecule has 28 heavy (non-hydrogen) atoms. The predicted octanol–water partition coefficient (Wildman–Crippen LogP) is 2.44. The lowest BCUT2D eigenvalue weighted by Gasteiger charge is -2.25. The highest BCUT2D eigenvalue weighted by Gasteiger charge is 2.30. The van der Waals surface area contributed by atoms with E-state index >= 15 is 0 Å². The number of allylic oxidation sites excluding steroid dienone is 1. The van der Waals surface area contributed by atoms with Crippen LogP contribution in [0.5, 0.6) is 5.75 Å². The Bertz CT molecular complexity index is 1050. The van der Waals surface area contributed by atoms with Gasteiger partial charge in [0.2, 0.25) is 0 Å². The molecule has 146 valence electrons. The molecule has 1 atom stereocenters. The minimum atomic E-state index is -4.02. The molecular formula is C20H21N3O4S. The fourth-order valence-corrected chi connectivity index (χ4v) is 3.69. The number of hydrogen-bond acceptors (Lipinski definition) is 4. The highest BCUT2D eigenvalue weighted by atomic mass is 32.2. The molecule has 2 aromatic carbocycles. The van der Waals surface area contributed by atoms with Crippen LogP contribution in [0.15, 0.2) is 70.8 Å². The number of methoxy groups -OCH3 is 1. The van der Waals surface area contributed by atoms with Crippen molar-refractivity contribution in [2.45, 2.75) is 13.0 Å². The first-order valence-corrected chi connectivity index (χ1v) is 10.0. The van der Waals surface area contributed by atoms with Gasteiger partial charge in [-0.1, -0.05) is 42.5 Å². The van der Waals surface area contributed by atoms with E-state index in [1.165, 1.54) is 20.2 Å². The Morgan fingerprint density at radius 2 is 1.86 bits per heavy atom. The van der Waals surface area contributed by atoms with Gasteiger partial charge in [0.15, 0.2) is 0 Å². The molecule has 1 amide bonds. The van der Waals surface area contributed by atoms with Gasteiger partial charge in [-0.05, 0) is 30.7 Å². The number of likely N-dealkylation sites (N-methyl/N-ethyl adjacent to an activating group) is 1. The molecule has 1 unspecified atom stereocenters. The molecule has 1 heterocycles. The van der Waals surface area contributed by atoms with Crippen LogP contribution in [0.25, 0.3) is 0 Å². The van der Waals surface area contributed by atoms with Crippen LogP contribution in [-0.4, -0.2) is 38.5 Å². The Labute approximate surface area is 164 Å². The van der Waals surface area contributed by atoms with Gasteiger partial charge in [0.1, 0.15) is 11.4 Å². The molecule has 1 aliphatic rings. The average Bonchev–Trinajstić information content (AvgIpc) is 2.70. The molecule has 0 radical (unpaired) electrons. The van der Waals surface area contributed by atoms with Crippen LogP contribution in [-0.2, 0) is 15.0 Å². The Hall–Kier alpha value is -3.13. The minimum Gasteiger partial charge on any atom is -0.497 e. The van der Waals surface area contributed by atoms with Crippen molar-refractivity contribution in [2.24, 2.45) is 4.40 Å². The lowest BCUT2D eigenvalue weighted by atomic mass is 10.1. The smallest absolute Gasteiger partial charge is 0.345 e. The van der Waals surface area contributed by atoms with Crippen LogP contribution in [0, 0.1) is 0 Å². The van der Waals surface area contributed by atoms with Crippen molar-refractivity contribution in [3.05, 3.63) is 77.5 Å². The summed E-state index contributed by atoms with van der Waals surface area (Å²) in [7, 11) is -1.20. The van der Waals surface area contributed by atoms with Crippen molar-refractivity contribution in [1.29, 1.82) is 0 Å². The largest absolute Gasteiger partial charge is 0.497 e. The summed E-state index contributed by atoms with van der Waals surface area (Å²) in [6.45, 7) is 1.84. The van der Waals surface area contributed by atoms with E-state index in [4.69, 9.17) is 4.74 Å². The lowest BCUT2D eigenvalue weighted by molar-refractivity contribution is -0.119. The SMILES string of the molecule is COc1cccc(C2=NS(=O)(=O)N(C)C(C(=O)NC(C)c3ccccc3)=C2)c1. The third-order valence-corrected chi connectivity index (χ3v) is 5.73. The monoisotopic (exact) mass is 399 g/mol. The van der Waals surface area contributed by atoms with Gasteiger partial charge in [-0.15, -0.1) is 4.40 Å². The second kappa shape index (κ2) is 7.85. The number of nitrogens with one attached hydrogen (secondary N) is 1. The van der Waals surface area contributed by atoms with E-state index in [0.717, 1.165) is 9.87 Å². The lowest BCUT2D eigenvalue weighted by Crippen LogP contribution is -2.39. The number of amides is 1.